The van der Waals surface area contributed by atoms with Crippen LogP contribution >= 0.6 is 11.6 Å². The van der Waals surface area contributed by atoms with Crippen molar-refractivity contribution in [2.45, 2.75) is 102 Å². The minimum absolute atomic E-state index is 0.125. The first-order valence-corrected chi connectivity index (χ1v) is 18.0. The van der Waals surface area contributed by atoms with Gasteiger partial charge in [-0.05, 0) is 105 Å². The fourth-order valence-electron chi connectivity index (χ4n) is 8.38. The zero-order valence-electron chi connectivity index (χ0n) is 27.6. The van der Waals surface area contributed by atoms with Gasteiger partial charge in [0.25, 0.3) is 0 Å². The maximum atomic E-state index is 14.3. The van der Waals surface area contributed by atoms with E-state index in [4.69, 9.17) is 11.6 Å². The Bertz CT molecular complexity index is 1500. The third-order valence-corrected chi connectivity index (χ3v) is 11.3. The summed E-state index contributed by atoms with van der Waals surface area (Å²) in [6, 6.07) is 10.9. The Morgan fingerprint density at radius 2 is 1.67 bits per heavy atom. The molecule has 2 aliphatic carbocycles. The number of amides is 2. The molecule has 258 valence electrons. The van der Waals surface area contributed by atoms with Crippen LogP contribution in [0.25, 0.3) is 0 Å². The molecule has 2 amide bonds. The average molecular weight is 681 g/mol. The molecule has 2 saturated carbocycles. The Hall–Kier alpha value is -3.37. The van der Waals surface area contributed by atoms with Crippen LogP contribution in [-0.4, -0.2) is 56.7 Å². The molecular formula is C37H47ClF2N6O2. The summed E-state index contributed by atoms with van der Waals surface area (Å²) >= 11 is 6.18. The van der Waals surface area contributed by atoms with Crippen molar-refractivity contribution in [3.05, 3.63) is 77.3 Å². The monoisotopic (exact) mass is 680 g/mol. The highest BCUT2D eigenvalue weighted by atomic mass is 35.5. The Labute approximate surface area is 287 Å². The van der Waals surface area contributed by atoms with Gasteiger partial charge in [-0.25, -0.2) is 13.8 Å². The predicted molar refractivity (Wildman–Crippen MR) is 182 cm³/mol. The predicted octanol–water partition coefficient (Wildman–Crippen LogP) is 7.19. The molecule has 0 unspecified atom stereocenters. The Morgan fingerprint density at radius 1 is 0.938 bits per heavy atom. The molecule has 1 aromatic heterocycles. The molecule has 2 aromatic carbocycles. The Kier molecular flexibility index (Phi) is 11.4. The molecule has 6 rings (SSSR count). The van der Waals surface area contributed by atoms with Crippen molar-refractivity contribution in [3.63, 3.8) is 0 Å². The van der Waals surface area contributed by atoms with Crippen LogP contribution in [0.15, 0.2) is 55.1 Å². The third kappa shape index (κ3) is 8.80. The lowest BCUT2D eigenvalue weighted by Gasteiger charge is -2.48. The molecule has 2 N–H and O–H groups in total. The van der Waals surface area contributed by atoms with Gasteiger partial charge in [0.2, 0.25) is 11.8 Å². The highest BCUT2D eigenvalue weighted by molar-refractivity contribution is 6.30. The van der Waals surface area contributed by atoms with Crippen molar-refractivity contribution in [2.75, 3.05) is 18.4 Å². The standard InChI is InChI=1S/C37H47ClF2N6O2/c38-29-10-6-26(7-11-29)20-34(43-30-12-8-27(9-13-30)21-35(47)44-31-14-15-32(39)33(40)22-31)36(48)45-18-16-37(17-19-45,23-46-25-41-24-42-46)28-4-2-1-3-5-28/h6-7,10-11,14-15,22,24-25,27-28,30,34,43H,1-5,8-9,12-13,16-21,23H2,(H,44,47)/t27?,30?,34-/m1/s1. The number of rotatable bonds is 11. The van der Waals surface area contributed by atoms with Crippen LogP contribution < -0.4 is 10.6 Å². The first kappa shape index (κ1) is 34.5. The van der Waals surface area contributed by atoms with E-state index >= 15 is 0 Å². The molecule has 3 aliphatic rings. The molecule has 1 atom stereocenters. The van der Waals surface area contributed by atoms with Gasteiger partial charge in [-0.1, -0.05) is 43.0 Å². The summed E-state index contributed by atoms with van der Waals surface area (Å²) < 4.78 is 28.8. The smallest absolute Gasteiger partial charge is 0.240 e. The van der Waals surface area contributed by atoms with Crippen molar-refractivity contribution in [2.24, 2.45) is 17.3 Å². The third-order valence-electron chi connectivity index (χ3n) is 11.1. The molecule has 3 aromatic rings. The molecule has 0 bridgehead atoms. The molecule has 48 heavy (non-hydrogen) atoms. The average Bonchev–Trinajstić information content (AvgIpc) is 3.61. The van der Waals surface area contributed by atoms with Gasteiger partial charge in [0, 0.05) is 48.9 Å². The summed E-state index contributed by atoms with van der Waals surface area (Å²) in [5, 5.41) is 11.6. The number of anilines is 1. The molecule has 0 radical (unpaired) electrons. The topological polar surface area (TPSA) is 92.2 Å². The Balaban J connectivity index is 1.07. The highest BCUT2D eigenvalue weighted by Crippen LogP contribution is 2.47. The number of nitrogens with one attached hydrogen (secondary N) is 2. The van der Waals surface area contributed by atoms with Crippen molar-refractivity contribution < 1.29 is 18.4 Å². The number of benzene rings is 2. The van der Waals surface area contributed by atoms with Crippen LogP contribution in [0.1, 0.15) is 82.6 Å². The van der Waals surface area contributed by atoms with Crippen molar-refractivity contribution in [1.29, 1.82) is 0 Å². The molecule has 11 heteroatoms. The van der Waals surface area contributed by atoms with E-state index in [9.17, 15) is 18.4 Å². The van der Waals surface area contributed by atoms with E-state index in [-0.39, 0.29) is 40.9 Å². The van der Waals surface area contributed by atoms with Crippen LogP contribution in [0.2, 0.25) is 5.02 Å². The molecule has 1 saturated heterocycles. The molecule has 8 nitrogen and oxygen atoms in total. The molecule has 3 fully saturated rings. The van der Waals surface area contributed by atoms with Crippen LogP contribution in [0.3, 0.4) is 0 Å². The summed E-state index contributed by atoms with van der Waals surface area (Å²) in [5.41, 5.74) is 1.44. The van der Waals surface area contributed by atoms with Crippen LogP contribution in [0.5, 0.6) is 0 Å². The van der Waals surface area contributed by atoms with Crippen LogP contribution in [0.4, 0.5) is 14.5 Å². The zero-order chi connectivity index (χ0) is 33.5. The fraction of sp³-hybridized carbons (Fsp3) is 0.568. The van der Waals surface area contributed by atoms with Crippen molar-refractivity contribution >= 4 is 29.1 Å². The Morgan fingerprint density at radius 3 is 2.33 bits per heavy atom. The summed E-state index contributed by atoms with van der Waals surface area (Å²) in [6.07, 6.45) is 16.0. The van der Waals surface area contributed by atoms with Crippen molar-refractivity contribution in [3.8, 4) is 0 Å². The quantitative estimate of drug-likeness (QED) is 0.224. The number of piperidine rings is 1. The SMILES string of the molecule is O=C(CC1CCC(N[C@H](Cc2ccc(Cl)cc2)C(=O)N2CCC(Cn3cncn3)(C3CCCCC3)CC2)CC1)Nc1ccc(F)c(F)c1. The van der Waals surface area contributed by atoms with E-state index in [1.807, 2.05) is 35.3 Å². The van der Waals surface area contributed by atoms with Gasteiger partial charge < -0.3 is 15.5 Å². The van der Waals surface area contributed by atoms with Gasteiger partial charge in [0.1, 0.15) is 12.7 Å². The lowest BCUT2D eigenvalue weighted by molar-refractivity contribution is -0.137. The first-order valence-electron chi connectivity index (χ1n) is 17.6. The lowest BCUT2D eigenvalue weighted by Crippen LogP contribution is -2.55. The van der Waals surface area contributed by atoms with E-state index in [0.29, 0.717) is 23.8 Å². The van der Waals surface area contributed by atoms with E-state index < -0.39 is 11.6 Å². The fourth-order valence-corrected chi connectivity index (χ4v) is 8.51. The maximum Gasteiger partial charge on any atom is 0.240 e. The lowest BCUT2D eigenvalue weighted by atomic mass is 9.63. The largest absolute Gasteiger partial charge is 0.341 e. The van der Waals surface area contributed by atoms with E-state index in [1.54, 1.807) is 6.33 Å². The second-order valence-electron chi connectivity index (χ2n) is 14.3. The van der Waals surface area contributed by atoms with Crippen LogP contribution in [-0.2, 0) is 22.6 Å². The normalized spacial score (nSPS) is 22.3. The van der Waals surface area contributed by atoms with E-state index in [1.165, 1.54) is 38.2 Å². The maximum absolute atomic E-state index is 14.3. The number of nitrogens with zero attached hydrogens (tertiary/aromatic N) is 4. The van der Waals surface area contributed by atoms with Gasteiger partial charge >= 0.3 is 0 Å². The van der Waals surface area contributed by atoms with E-state index in [0.717, 1.165) is 75.9 Å². The molecule has 1 aliphatic heterocycles. The second kappa shape index (κ2) is 15.9. The van der Waals surface area contributed by atoms with Gasteiger partial charge in [0.15, 0.2) is 11.6 Å². The molecular weight excluding hydrogens is 634 g/mol. The van der Waals surface area contributed by atoms with Crippen LogP contribution in [0, 0.1) is 28.9 Å². The molecule has 2 heterocycles. The molecule has 0 spiro atoms. The van der Waals surface area contributed by atoms with Gasteiger partial charge in [0.05, 0.1) is 6.04 Å². The summed E-state index contributed by atoms with van der Waals surface area (Å²) in [5.74, 6) is -1.14. The first-order chi connectivity index (χ1) is 23.3. The number of hydrogen-bond acceptors (Lipinski definition) is 5. The summed E-state index contributed by atoms with van der Waals surface area (Å²) in [6.45, 7) is 2.33. The van der Waals surface area contributed by atoms with Crippen molar-refractivity contribution in [1.82, 2.24) is 25.0 Å². The van der Waals surface area contributed by atoms with Gasteiger partial charge in [-0.2, -0.15) is 5.10 Å². The number of carbonyl (C=O) groups is 2. The second-order valence-corrected chi connectivity index (χ2v) is 14.7. The summed E-state index contributed by atoms with van der Waals surface area (Å²) in [4.78, 5) is 33.2. The minimum atomic E-state index is -0.984. The van der Waals surface area contributed by atoms with Gasteiger partial charge in [-0.3, -0.25) is 14.3 Å². The minimum Gasteiger partial charge on any atom is -0.341 e. The van der Waals surface area contributed by atoms with Gasteiger partial charge in [-0.15, -0.1) is 0 Å². The number of carbonyl (C=O) groups excluding carboxylic acids is 2. The number of halogens is 3. The zero-order valence-corrected chi connectivity index (χ0v) is 28.3. The highest BCUT2D eigenvalue weighted by Gasteiger charge is 2.44. The number of aromatic nitrogens is 3. The number of hydrogen-bond donors (Lipinski definition) is 2. The summed E-state index contributed by atoms with van der Waals surface area (Å²) in [7, 11) is 0. The van der Waals surface area contributed by atoms with E-state index in [2.05, 4.69) is 25.6 Å². The number of likely N-dealkylation sites (tertiary alicyclic amines) is 1.